The fraction of sp³-hybridized carbons (Fsp3) is 0.986. The summed E-state index contributed by atoms with van der Waals surface area (Å²) in [6, 6.07) is -0.855. The molecule has 6 N–H and O–H groups in total. The maximum Gasteiger partial charge on any atom is 0.397 e. The molecular formula is C73H145NO11S. The number of hydrogen-bond acceptors (Lipinski definition) is 10. The Kier molecular flexibility index (Phi) is 60.8. The van der Waals surface area contributed by atoms with Crippen LogP contribution in [0.15, 0.2) is 0 Å². The van der Waals surface area contributed by atoms with Gasteiger partial charge in [0.15, 0.2) is 6.29 Å². The molecule has 0 bridgehead atoms. The Morgan fingerprint density at radius 3 is 0.930 bits per heavy atom. The van der Waals surface area contributed by atoms with Crippen molar-refractivity contribution < 1.29 is 51.8 Å². The second-order valence-corrected chi connectivity index (χ2v) is 28.0. The Morgan fingerprint density at radius 2 is 0.674 bits per heavy atom. The van der Waals surface area contributed by atoms with E-state index in [4.69, 9.17) is 9.47 Å². The standard InChI is InChI=1S/C73H145NO11S/c1-3-5-7-9-11-13-15-17-19-21-23-25-27-28-29-30-31-32-33-34-35-36-37-38-39-40-41-43-45-47-49-51-53-55-57-59-61-63-69(77)74-66(65-83-73-71(79)72(85-86(80,81)82)70(78)68(64-75)84-73)67(76)62-60-58-56-54-52-50-48-46-44-42-26-24-22-20-18-16-14-12-10-8-6-4-2/h66-68,70-73,75-76,78-79H,3-65H2,1-2H3,(H,74,77)(H,80,81,82). The van der Waals surface area contributed by atoms with Gasteiger partial charge in [0.2, 0.25) is 5.91 Å². The van der Waals surface area contributed by atoms with E-state index in [2.05, 4.69) is 23.3 Å². The quantitative estimate of drug-likeness (QED) is 0.0251. The lowest BCUT2D eigenvalue weighted by atomic mass is 9.99. The molecule has 0 aromatic heterocycles. The number of ether oxygens (including phenoxy) is 2. The van der Waals surface area contributed by atoms with Gasteiger partial charge in [0.05, 0.1) is 25.4 Å². The van der Waals surface area contributed by atoms with Gasteiger partial charge < -0.3 is 35.2 Å². The molecule has 0 spiro atoms. The molecule has 7 atom stereocenters. The molecule has 86 heavy (non-hydrogen) atoms. The van der Waals surface area contributed by atoms with Crippen LogP contribution in [0.4, 0.5) is 0 Å². The summed E-state index contributed by atoms with van der Waals surface area (Å²) in [7, 11) is -5.08. The van der Waals surface area contributed by atoms with Crippen molar-refractivity contribution in [1.82, 2.24) is 5.32 Å². The van der Waals surface area contributed by atoms with E-state index in [-0.39, 0.29) is 12.5 Å². The van der Waals surface area contributed by atoms with Crippen molar-refractivity contribution in [3.05, 3.63) is 0 Å². The fourth-order valence-corrected chi connectivity index (χ4v) is 13.4. The summed E-state index contributed by atoms with van der Waals surface area (Å²) in [4.78, 5) is 13.2. The van der Waals surface area contributed by atoms with E-state index in [1.54, 1.807) is 0 Å². The minimum absolute atomic E-state index is 0.218. The molecule has 0 saturated carbocycles. The minimum atomic E-state index is -5.08. The summed E-state index contributed by atoms with van der Waals surface area (Å²) in [5, 5.41) is 45.4. The first-order chi connectivity index (χ1) is 42.0. The Balaban J connectivity index is 2.14. The van der Waals surface area contributed by atoms with Crippen LogP contribution in [0.2, 0.25) is 0 Å². The highest BCUT2D eigenvalue weighted by molar-refractivity contribution is 7.80. The lowest BCUT2D eigenvalue weighted by Crippen LogP contribution is -2.61. The zero-order chi connectivity index (χ0) is 62.5. The van der Waals surface area contributed by atoms with Gasteiger partial charge in [-0.1, -0.05) is 386 Å². The monoisotopic (exact) mass is 1240 g/mol. The van der Waals surface area contributed by atoms with Gasteiger partial charge in [0.25, 0.3) is 0 Å². The van der Waals surface area contributed by atoms with E-state index in [0.717, 1.165) is 51.4 Å². The van der Waals surface area contributed by atoms with Crippen LogP contribution in [-0.2, 0) is 28.9 Å². The van der Waals surface area contributed by atoms with Crippen LogP contribution in [0.5, 0.6) is 0 Å². The van der Waals surface area contributed by atoms with Crippen LogP contribution in [0, 0.1) is 0 Å². The van der Waals surface area contributed by atoms with Gasteiger partial charge in [-0.25, -0.2) is 4.18 Å². The third-order valence-corrected chi connectivity index (χ3v) is 19.1. The lowest BCUT2D eigenvalue weighted by Gasteiger charge is -2.41. The number of amides is 1. The average Bonchev–Trinajstić information content (AvgIpc) is 1.61. The van der Waals surface area contributed by atoms with E-state index >= 15 is 0 Å². The van der Waals surface area contributed by atoms with E-state index in [9.17, 15) is 38.2 Å². The number of hydrogen-bond donors (Lipinski definition) is 6. The van der Waals surface area contributed by atoms with Crippen LogP contribution in [0.3, 0.4) is 0 Å². The Bertz CT molecular complexity index is 1510. The first kappa shape index (κ1) is 83.1. The topological polar surface area (TPSA) is 192 Å². The van der Waals surface area contributed by atoms with Crippen LogP contribution in [-0.4, -0.2) is 95.4 Å². The smallest absolute Gasteiger partial charge is 0.394 e. The molecule has 514 valence electrons. The van der Waals surface area contributed by atoms with Gasteiger partial charge in [-0.2, -0.15) is 8.42 Å². The summed E-state index contributed by atoms with van der Waals surface area (Å²) in [6.45, 7) is 3.54. The van der Waals surface area contributed by atoms with Crippen molar-refractivity contribution in [1.29, 1.82) is 0 Å². The maximum absolute atomic E-state index is 13.2. The second kappa shape index (κ2) is 62.9. The third-order valence-electron chi connectivity index (χ3n) is 18.7. The largest absolute Gasteiger partial charge is 0.397 e. The zero-order valence-electron chi connectivity index (χ0n) is 56.7. The average molecular weight is 1250 g/mol. The van der Waals surface area contributed by atoms with E-state index < -0.39 is 59.9 Å². The molecule has 1 aliphatic heterocycles. The molecular weight excluding hydrogens is 1100 g/mol. The van der Waals surface area contributed by atoms with Gasteiger partial charge >= 0.3 is 10.4 Å². The molecule has 1 fully saturated rings. The number of aliphatic hydroxyl groups is 4. The van der Waals surface area contributed by atoms with Crippen molar-refractivity contribution in [2.75, 3.05) is 13.2 Å². The van der Waals surface area contributed by atoms with Gasteiger partial charge in [-0.15, -0.1) is 0 Å². The summed E-state index contributed by atoms with van der Waals surface area (Å²) >= 11 is 0. The molecule has 0 aromatic rings. The molecule has 0 radical (unpaired) electrons. The minimum Gasteiger partial charge on any atom is -0.394 e. The van der Waals surface area contributed by atoms with Gasteiger partial charge in [0, 0.05) is 6.42 Å². The van der Waals surface area contributed by atoms with Gasteiger partial charge in [-0.3, -0.25) is 9.35 Å². The van der Waals surface area contributed by atoms with Crippen molar-refractivity contribution >= 4 is 16.3 Å². The third kappa shape index (κ3) is 53.7. The van der Waals surface area contributed by atoms with Crippen LogP contribution < -0.4 is 5.32 Å². The van der Waals surface area contributed by atoms with Crippen LogP contribution >= 0.6 is 0 Å². The Labute approximate surface area is 532 Å². The summed E-state index contributed by atoms with van der Waals surface area (Å²) < 4.78 is 48.2. The molecule has 1 rings (SSSR count). The number of aliphatic hydroxyl groups excluding tert-OH is 4. The van der Waals surface area contributed by atoms with E-state index in [1.165, 1.54) is 327 Å². The second-order valence-electron chi connectivity index (χ2n) is 27.0. The fourth-order valence-electron chi connectivity index (χ4n) is 12.9. The van der Waals surface area contributed by atoms with Crippen molar-refractivity contribution in [3.63, 3.8) is 0 Å². The number of unbranched alkanes of at least 4 members (excludes halogenated alkanes) is 57. The first-order valence-corrected chi connectivity index (χ1v) is 39.3. The SMILES string of the molecule is CCCCCCCCCCCCCCCCCCCCCCCCCCCCCCCCCCCCCCCC(=O)NC(COC1OC(CO)C(O)C(OS(=O)(=O)O)C1O)C(O)CCCCCCCCCCCCCCCCCCCCCCCC. The van der Waals surface area contributed by atoms with E-state index in [1.807, 2.05) is 0 Å². The summed E-state index contributed by atoms with van der Waals surface area (Å²) in [6.07, 6.45) is 70.2. The van der Waals surface area contributed by atoms with E-state index in [0.29, 0.717) is 12.8 Å². The van der Waals surface area contributed by atoms with Crippen molar-refractivity contribution in [2.45, 2.75) is 448 Å². The highest BCUT2D eigenvalue weighted by Crippen LogP contribution is 2.27. The predicted molar refractivity (Wildman–Crippen MR) is 361 cm³/mol. The van der Waals surface area contributed by atoms with Crippen LogP contribution in [0.1, 0.15) is 406 Å². The first-order valence-electron chi connectivity index (χ1n) is 37.9. The molecule has 1 amide bonds. The Morgan fingerprint density at radius 1 is 0.419 bits per heavy atom. The molecule has 0 aromatic carbocycles. The number of carbonyl (C=O) groups is 1. The van der Waals surface area contributed by atoms with Crippen molar-refractivity contribution in [2.24, 2.45) is 0 Å². The molecule has 12 nitrogen and oxygen atoms in total. The molecule has 7 unspecified atom stereocenters. The molecule has 1 aliphatic rings. The number of nitrogens with one attached hydrogen (secondary N) is 1. The molecule has 1 saturated heterocycles. The Hall–Kier alpha value is -0.900. The number of carbonyl (C=O) groups excluding carboxylic acids is 1. The predicted octanol–water partition coefficient (Wildman–Crippen LogP) is 20.3. The highest BCUT2D eigenvalue weighted by Gasteiger charge is 2.48. The highest BCUT2D eigenvalue weighted by atomic mass is 32.3. The van der Waals surface area contributed by atoms with Crippen molar-refractivity contribution in [3.8, 4) is 0 Å². The summed E-state index contributed by atoms with van der Waals surface area (Å²) in [5.41, 5.74) is 0. The molecule has 0 aliphatic carbocycles. The lowest BCUT2D eigenvalue weighted by molar-refractivity contribution is -0.298. The van der Waals surface area contributed by atoms with Gasteiger partial charge in [-0.05, 0) is 12.8 Å². The van der Waals surface area contributed by atoms with Crippen LogP contribution in [0.25, 0.3) is 0 Å². The van der Waals surface area contributed by atoms with Gasteiger partial charge in [0.1, 0.15) is 24.4 Å². The maximum atomic E-state index is 13.2. The normalized spacial score (nSPS) is 18.1. The molecule has 1 heterocycles. The summed E-state index contributed by atoms with van der Waals surface area (Å²) in [5.74, 6) is -0.218. The number of rotatable bonds is 69. The zero-order valence-corrected chi connectivity index (χ0v) is 57.5. The molecule has 13 heteroatoms.